The van der Waals surface area contributed by atoms with Crippen molar-refractivity contribution in [2.75, 3.05) is 18.5 Å². The fourth-order valence-corrected chi connectivity index (χ4v) is 1.14. The number of carboxylic acid groups (broad SMARTS) is 1. The molecule has 0 aliphatic carbocycles. The first-order valence-corrected chi connectivity index (χ1v) is 4.61. The van der Waals surface area contributed by atoms with Gasteiger partial charge < -0.3 is 15.2 Å². The molecule has 0 aliphatic rings. The molecular weight excluding hydrogens is 214 g/mol. The fraction of sp³-hybridized carbons (Fsp3) is 0.444. The number of aryl methyl sites for hydroxylation is 2. The van der Waals surface area contributed by atoms with Crippen LogP contribution in [0.5, 0.6) is 0 Å². The Morgan fingerprint density at radius 1 is 1.44 bits per heavy atom. The highest BCUT2D eigenvalue weighted by atomic mass is 16.5. The first-order chi connectivity index (χ1) is 7.50. The number of nitrogens with one attached hydrogen (secondary N) is 2. The van der Waals surface area contributed by atoms with Crippen molar-refractivity contribution in [3.05, 3.63) is 11.4 Å². The van der Waals surface area contributed by atoms with E-state index in [-0.39, 0.29) is 6.61 Å². The van der Waals surface area contributed by atoms with Crippen LogP contribution in [0.3, 0.4) is 0 Å². The van der Waals surface area contributed by atoms with Crippen molar-refractivity contribution in [1.29, 1.82) is 0 Å². The quantitative estimate of drug-likeness (QED) is 0.660. The number of carboxylic acids is 1. The number of hydrogen-bond donors (Lipinski definition) is 3. The first kappa shape index (κ1) is 12.2. The second kappa shape index (κ2) is 5.26. The third kappa shape index (κ3) is 3.35. The van der Waals surface area contributed by atoms with Crippen LogP contribution in [0.2, 0.25) is 0 Å². The number of rotatable bonds is 5. The highest BCUT2D eigenvalue weighted by Crippen LogP contribution is 2.15. The summed E-state index contributed by atoms with van der Waals surface area (Å²) in [4.78, 5) is 21.5. The summed E-state index contributed by atoms with van der Waals surface area (Å²) in [5, 5.41) is 17.5. The van der Waals surface area contributed by atoms with E-state index in [1.807, 2.05) is 0 Å². The summed E-state index contributed by atoms with van der Waals surface area (Å²) in [5.74, 6) is -1.52. The fourth-order valence-electron chi connectivity index (χ4n) is 1.14. The van der Waals surface area contributed by atoms with Gasteiger partial charge in [0.25, 0.3) is 0 Å². The Morgan fingerprint density at radius 2 is 2.12 bits per heavy atom. The van der Waals surface area contributed by atoms with Gasteiger partial charge in [0.15, 0.2) is 0 Å². The van der Waals surface area contributed by atoms with Gasteiger partial charge in [0.2, 0.25) is 5.91 Å². The average Bonchev–Trinajstić information content (AvgIpc) is 2.49. The third-order valence-electron chi connectivity index (χ3n) is 1.85. The maximum Gasteiger partial charge on any atom is 0.329 e. The highest BCUT2D eigenvalue weighted by molar-refractivity contribution is 5.92. The van der Waals surface area contributed by atoms with Gasteiger partial charge in [0.05, 0.1) is 17.1 Å². The number of anilines is 1. The van der Waals surface area contributed by atoms with E-state index < -0.39 is 18.5 Å². The lowest BCUT2D eigenvalue weighted by atomic mass is 10.3. The molecule has 0 aromatic carbocycles. The number of amides is 1. The highest BCUT2D eigenvalue weighted by Gasteiger charge is 2.10. The molecule has 0 radical (unpaired) electrons. The minimum absolute atomic E-state index is 0.295. The molecule has 1 amide bonds. The molecule has 0 bridgehead atoms. The number of nitrogens with zero attached hydrogens (tertiary/aromatic N) is 1. The Balaban J connectivity index is 2.43. The molecule has 1 aromatic rings. The monoisotopic (exact) mass is 227 g/mol. The molecule has 3 N–H and O–H groups in total. The minimum atomic E-state index is -1.11. The number of hydrogen-bond acceptors (Lipinski definition) is 4. The zero-order chi connectivity index (χ0) is 12.1. The van der Waals surface area contributed by atoms with Crippen LogP contribution in [0.25, 0.3) is 0 Å². The van der Waals surface area contributed by atoms with Crippen LogP contribution in [-0.4, -0.2) is 40.4 Å². The zero-order valence-electron chi connectivity index (χ0n) is 9.03. The summed E-state index contributed by atoms with van der Waals surface area (Å²) in [5.41, 5.74) is 2.01. The standard InChI is InChI=1S/C9H13N3O4/c1-5-9(6(2)12-11-5)10-7(13)3-16-4-8(14)15/h3-4H2,1-2H3,(H,10,13)(H,11,12)(H,14,15). The van der Waals surface area contributed by atoms with Crippen LogP contribution in [0.1, 0.15) is 11.4 Å². The van der Waals surface area contributed by atoms with Gasteiger partial charge in [-0.2, -0.15) is 5.10 Å². The van der Waals surface area contributed by atoms with E-state index in [0.29, 0.717) is 11.4 Å². The Morgan fingerprint density at radius 3 is 2.62 bits per heavy atom. The zero-order valence-corrected chi connectivity index (χ0v) is 9.03. The molecule has 1 aromatic heterocycles. The third-order valence-corrected chi connectivity index (χ3v) is 1.85. The summed E-state index contributed by atoms with van der Waals surface area (Å²) < 4.78 is 4.64. The number of aromatic nitrogens is 2. The molecule has 0 spiro atoms. The molecule has 88 valence electrons. The van der Waals surface area contributed by atoms with Gasteiger partial charge in [0.1, 0.15) is 13.2 Å². The molecule has 0 saturated carbocycles. The second-order valence-electron chi connectivity index (χ2n) is 3.24. The SMILES string of the molecule is Cc1n[nH]c(C)c1NC(=O)COCC(=O)O. The Bertz CT molecular complexity index is 380. The maximum absolute atomic E-state index is 11.3. The van der Waals surface area contributed by atoms with Crippen LogP contribution in [-0.2, 0) is 14.3 Å². The van der Waals surface area contributed by atoms with E-state index in [9.17, 15) is 9.59 Å². The molecule has 0 unspecified atom stereocenters. The van der Waals surface area contributed by atoms with Crippen molar-refractivity contribution in [3.63, 3.8) is 0 Å². The number of carbonyl (C=O) groups excluding carboxylic acids is 1. The molecule has 1 heterocycles. The van der Waals surface area contributed by atoms with E-state index in [2.05, 4.69) is 20.3 Å². The van der Waals surface area contributed by atoms with Gasteiger partial charge >= 0.3 is 5.97 Å². The molecule has 0 saturated heterocycles. The molecule has 0 aliphatic heterocycles. The predicted molar refractivity (Wildman–Crippen MR) is 55.1 cm³/mol. The second-order valence-corrected chi connectivity index (χ2v) is 3.24. The Labute approximate surface area is 91.8 Å². The van der Waals surface area contributed by atoms with Crippen LogP contribution in [0.4, 0.5) is 5.69 Å². The van der Waals surface area contributed by atoms with Crippen LogP contribution in [0.15, 0.2) is 0 Å². The van der Waals surface area contributed by atoms with Crippen molar-refractivity contribution in [1.82, 2.24) is 10.2 Å². The smallest absolute Gasteiger partial charge is 0.329 e. The normalized spacial score (nSPS) is 10.1. The van der Waals surface area contributed by atoms with E-state index in [0.717, 1.165) is 5.69 Å². The van der Waals surface area contributed by atoms with Crippen LogP contribution in [0, 0.1) is 13.8 Å². The average molecular weight is 227 g/mol. The molecule has 0 atom stereocenters. The molecule has 1 rings (SSSR count). The van der Waals surface area contributed by atoms with E-state index in [1.54, 1.807) is 13.8 Å². The van der Waals surface area contributed by atoms with Crippen molar-refractivity contribution in [2.24, 2.45) is 0 Å². The van der Waals surface area contributed by atoms with Crippen molar-refractivity contribution in [2.45, 2.75) is 13.8 Å². The Kier molecular flexibility index (Phi) is 4.01. The summed E-state index contributed by atoms with van der Waals surface area (Å²) in [6, 6.07) is 0. The molecule has 7 heteroatoms. The van der Waals surface area contributed by atoms with Crippen LogP contribution < -0.4 is 5.32 Å². The lowest BCUT2D eigenvalue weighted by molar-refractivity contribution is -0.143. The molecular formula is C9H13N3O4. The lowest BCUT2D eigenvalue weighted by Crippen LogP contribution is -2.21. The van der Waals surface area contributed by atoms with Crippen molar-refractivity contribution >= 4 is 17.6 Å². The number of aliphatic carboxylic acids is 1. The van der Waals surface area contributed by atoms with Gasteiger partial charge in [-0.15, -0.1) is 0 Å². The largest absolute Gasteiger partial charge is 0.480 e. The minimum Gasteiger partial charge on any atom is -0.480 e. The van der Waals surface area contributed by atoms with Gasteiger partial charge in [-0.3, -0.25) is 9.89 Å². The molecule has 16 heavy (non-hydrogen) atoms. The van der Waals surface area contributed by atoms with Crippen molar-refractivity contribution in [3.8, 4) is 0 Å². The number of aromatic amines is 1. The number of carbonyl (C=O) groups is 2. The van der Waals surface area contributed by atoms with Gasteiger partial charge in [-0.05, 0) is 13.8 Å². The number of H-pyrrole nitrogens is 1. The first-order valence-electron chi connectivity index (χ1n) is 4.61. The maximum atomic E-state index is 11.3. The molecule has 7 nitrogen and oxygen atoms in total. The van der Waals surface area contributed by atoms with E-state index in [4.69, 9.17) is 5.11 Å². The van der Waals surface area contributed by atoms with E-state index in [1.165, 1.54) is 0 Å². The number of ether oxygens (including phenoxy) is 1. The Hall–Kier alpha value is -1.89. The van der Waals surface area contributed by atoms with E-state index >= 15 is 0 Å². The van der Waals surface area contributed by atoms with Gasteiger partial charge in [0, 0.05) is 0 Å². The summed E-state index contributed by atoms with van der Waals surface area (Å²) in [6.07, 6.45) is 0. The summed E-state index contributed by atoms with van der Waals surface area (Å²) in [6.45, 7) is 2.73. The van der Waals surface area contributed by atoms with Gasteiger partial charge in [-0.1, -0.05) is 0 Å². The van der Waals surface area contributed by atoms with Crippen molar-refractivity contribution < 1.29 is 19.4 Å². The predicted octanol–water partition coefficient (Wildman–Crippen LogP) is 0.0662. The van der Waals surface area contributed by atoms with Gasteiger partial charge in [-0.25, -0.2) is 4.79 Å². The summed E-state index contributed by atoms with van der Waals surface area (Å²) in [7, 11) is 0. The molecule has 0 fully saturated rings. The summed E-state index contributed by atoms with van der Waals surface area (Å²) >= 11 is 0. The lowest BCUT2D eigenvalue weighted by Gasteiger charge is -2.04. The van der Waals surface area contributed by atoms with Crippen LogP contribution >= 0.6 is 0 Å². The topological polar surface area (TPSA) is 104 Å².